The molecule has 0 aliphatic carbocycles. The maximum atomic E-state index is 12.6. The Balaban J connectivity index is 1.60. The summed E-state index contributed by atoms with van der Waals surface area (Å²) >= 11 is 0. The minimum absolute atomic E-state index is 0.113. The summed E-state index contributed by atoms with van der Waals surface area (Å²) in [7, 11) is 0. The molecule has 2 aliphatic heterocycles. The van der Waals surface area contributed by atoms with Crippen molar-refractivity contribution in [2.45, 2.75) is 0 Å². The molecule has 1 aromatic carbocycles. The fraction of sp³-hybridized carbons (Fsp3) is 0.250. The molecule has 2 amide bonds. The molecule has 22 heavy (non-hydrogen) atoms. The number of amides is 2. The lowest BCUT2D eigenvalue weighted by Gasteiger charge is -2.21. The summed E-state index contributed by atoms with van der Waals surface area (Å²) < 4.78 is 0. The number of rotatable bonds is 2. The molecular weight excluding hydrogens is 280 g/mol. The number of hydrogen-bond acceptors (Lipinski definition) is 5. The molecule has 2 saturated heterocycles. The number of benzene rings is 1. The number of anilines is 2. The second-order valence-electron chi connectivity index (χ2n) is 5.53. The molecule has 0 N–H and O–H groups in total. The van der Waals surface area contributed by atoms with Crippen LogP contribution in [-0.4, -0.2) is 34.9 Å². The van der Waals surface area contributed by atoms with Crippen LogP contribution in [0.3, 0.4) is 0 Å². The van der Waals surface area contributed by atoms with Crippen molar-refractivity contribution >= 4 is 23.3 Å². The second-order valence-corrected chi connectivity index (χ2v) is 5.53. The molecule has 2 atom stereocenters. The van der Waals surface area contributed by atoms with E-state index >= 15 is 0 Å². The minimum Gasteiger partial charge on any atom is -0.355 e. The Kier molecular flexibility index (Phi) is 2.89. The van der Waals surface area contributed by atoms with Crippen molar-refractivity contribution in [3.63, 3.8) is 0 Å². The molecular formula is C16H14N4O2. The van der Waals surface area contributed by atoms with Gasteiger partial charge >= 0.3 is 0 Å². The Hall–Kier alpha value is -2.76. The van der Waals surface area contributed by atoms with Crippen LogP contribution in [-0.2, 0) is 9.59 Å². The van der Waals surface area contributed by atoms with Gasteiger partial charge in [-0.3, -0.25) is 9.59 Å². The quantitative estimate of drug-likeness (QED) is 0.776. The van der Waals surface area contributed by atoms with Gasteiger partial charge in [-0.25, -0.2) is 14.9 Å². The van der Waals surface area contributed by atoms with Crippen LogP contribution >= 0.6 is 0 Å². The Morgan fingerprint density at radius 2 is 1.64 bits per heavy atom. The van der Waals surface area contributed by atoms with Gasteiger partial charge in [-0.1, -0.05) is 18.2 Å². The standard InChI is InChI=1S/C16H14N4O2/c21-15-12-8-19(14-6-7-17-10-18-14)9-13(12)16(22)20(15)11-4-2-1-3-5-11/h1-7,10,12-13H,8-9H2. The van der Waals surface area contributed by atoms with E-state index in [1.54, 1.807) is 24.4 Å². The summed E-state index contributed by atoms with van der Waals surface area (Å²) in [5.41, 5.74) is 0.653. The Bertz CT molecular complexity index is 695. The van der Waals surface area contributed by atoms with Gasteiger partial charge in [0.1, 0.15) is 12.1 Å². The van der Waals surface area contributed by atoms with Crippen molar-refractivity contribution in [3.05, 3.63) is 48.9 Å². The van der Waals surface area contributed by atoms with E-state index in [1.807, 2.05) is 23.1 Å². The van der Waals surface area contributed by atoms with E-state index < -0.39 is 0 Å². The van der Waals surface area contributed by atoms with Crippen molar-refractivity contribution in [3.8, 4) is 0 Å². The fourth-order valence-corrected chi connectivity index (χ4v) is 3.23. The van der Waals surface area contributed by atoms with E-state index in [2.05, 4.69) is 9.97 Å². The Morgan fingerprint density at radius 1 is 0.955 bits per heavy atom. The zero-order chi connectivity index (χ0) is 15.1. The minimum atomic E-state index is -0.289. The van der Waals surface area contributed by atoms with E-state index in [-0.39, 0.29) is 23.7 Å². The highest BCUT2D eigenvalue weighted by molar-refractivity contribution is 6.22. The molecule has 6 heteroatoms. The van der Waals surface area contributed by atoms with Crippen molar-refractivity contribution < 1.29 is 9.59 Å². The molecule has 0 saturated carbocycles. The van der Waals surface area contributed by atoms with Gasteiger partial charge in [-0.2, -0.15) is 0 Å². The number of hydrogen-bond donors (Lipinski definition) is 0. The largest absolute Gasteiger partial charge is 0.355 e. The van der Waals surface area contributed by atoms with Gasteiger partial charge in [0.15, 0.2) is 0 Å². The first-order chi connectivity index (χ1) is 10.8. The smallest absolute Gasteiger partial charge is 0.239 e. The average Bonchev–Trinajstić information content (AvgIpc) is 3.10. The molecule has 0 spiro atoms. The molecule has 2 aliphatic rings. The van der Waals surface area contributed by atoms with E-state index in [4.69, 9.17) is 0 Å². The zero-order valence-corrected chi connectivity index (χ0v) is 11.8. The highest BCUT2D eigenvalue weighted by Crippen LogP contribution is 2.37. The molecule has 4 rings (SSSR count). The van der Waals surface area contributed by atoms with E-state index in [0.717, 1.165) is 5.82 Å². The first-order valence-corrected chi connectivity index (χ1v) is 7.19. The summed E-state index contributed by atoms with van der Waals surface area (Å²) in [5.74, 6) is -0.0443. The molecule has 6 nitrogen and oxygen atoms in total. The Morgan fingerprint density at radius 3 is 2.23 bits per heavy atom. The third-order valence-electron chi connectivity index (χ3n) is 4.30. The van der Waals surface area contributed by atoms with Gasteiger partial charge in [0.25, 0.3) is 0 Å². The van der Waals surface area contributed by atoms with E-state index in [9.17, 15) is 9.59 Å². The summed E-state index contributed by atoms with van der Waals surface area (Å²) in [5, 5.41) is 0. The lowest BCUT2D eigenvalue weighted by Crippen LogP contribution is -2.36. The van der Waals surface area contributed by atoms with Crippen LogP contribution < -0.4 is 9.80 Å². The van der Waals surface area contributed by atoms with Gasteiger partial charge < -0.3 is 4.90 Å². The first-order valence-electron chi connectivity index (χ1n) is 7.19. The molecule has 2 fully saturated rings. The van der Waals surface area contributed by atoms with Crippen molar-refractivity contribution in [2.24, 2.45) is 11.8 Å². The van der Waals surface area contributed by atoms with Gasteiger partial charge in [0, 0.05) is 19.3 Å². The van der Waals surface area contributed by atoms with E-state index in [1.165, 1.54) is 11.2 Å². The monoisotopic (exact) mass is 294 g/mol. The summed E-state index contributed by atoms with van der Waals surface area (Å²) in [6, 6.07) is 10.9. The van der Waals surface area contributed by atoms with Crippen LogP contribution in [0.15, 0.2) is 48.9 Å². The van der Waals surface area contributed by atoms with Crippen LogP contribution in [0.1, 0.15) is 0 Å². The predicted octanol–water partition coefficient (Wildman–Crippen LogP) is 1.10. The van der Waals surface area contributed by atoms with Crippen molar-refractivity contribution in [2.75, 3.05) is 22.9 Å². The predicted molar refractivity (Wildman–Crippen MR) is 80.2 cm³/mol. The number of fused-ring (bicyclic) bond motifs is 1. The second kappa shape index (κ2) is 4.91. The summed E-state index contributed by atoms with van der Waals surface area (Å²) in [6.07, 6.45) is 3.14. The fourth-order valence-electron chi connectivity index (χ4n) is 3.23. The number of aromatic nitrogens is 2. The molecule has 3 heterocycles. The molecule has 110 valence electrons. The topological polar surface area (TPSA) is 66.4 Å². The highest BCUT2D eigenvalue weighted by atomic mass is 16.2. The average molecular weight is 294 g/mol. The third-order valence-corrected chi connectivity index (χ3v) is 4.30. The van der Waals surface area contributed by atoms with Crippen molar-refractivity contribution in [1.82, 2.24) is 9.97 Å². The molecule has 1 aromatic heterocycles. The van der Waals surface area contributed by atoms with Gasteiger partial charge in [0.05, 0.1) is 17.5 Å². The summed E-state index contributed by atoms with van der Waals surface area (Å²) in [4.78, 5) is 36.6. The number of carbonyl (C=O) groups is 2. The molecule has 0 radical (unpaired) electrons. The van der Waals surface area contributed by atoms with Gasteiger partial charge in [0.2, 0.25) is 11.8 Å². The number of nitrogens with zero attached hydrogens (tertiary/aromatic N) is 4. The van der Waals surface area contributed by atoms with Gasteiger partial charge in [-0.15, -0.1) is 0 Å². The zero-order valence-electron chi connectivity index (χ0n) is 11.8. The Labute approximate surface area is 127 Å². The number of para-hydroxylation sites is 1. The number of carbonyl (C=O) groups excluding carboxylic acids is 2. The number of imide groups is 1. The molecule has 0 bridgehead atoms. The van der Waals surface area contributed by atoms with Crippen LogP contribution in [0.25, 0.3) is 0 Å². The van der Waals surface area contributed by atoms with Crippen LogP contribution in [0.4, 0.5) is 11.5 Å². The maximum Gasteiger partial charge on any atom is 0.239 e. The van der Waals surface area contributed by atoms with E-state index in [0.29, 0.717) is 18.8 Å². The lowest BCUT2D eigenvalue weighted by atomic mass is 10.00. The van der Waals surface area contributed by atoms with Crippen molar-refractivity contribution in [1.29, 1.82) is 0 Å². The van der Waals surface area contributed by atoms with Gasteiger partial charge in [-0.05, 0) is 18.2 Å². The maximum absolute atomic E-state index is 12.6. The third kappa shape index (κ3) is 1.88. The van der Waals surface area contributed by atoms with Crippen LogP contribution in [0.2, 0.25) is 0 Å². The molecule has 2 aromatic rings. The van der Waals surface area contributed by atoms with Crippen LogP contribution in [0.5, 0.6) is 0 Å². The van der Waals surface area contributed by atoms with Crippen LogP contribution in [0, 0.1) is 11.8 Å². The lowest BCUT2D eigenvalue weighted by molar-refractivity contribution is -0.122. The SMILES string of the molecule is O=C1C2CN(c3ccncn3)CC2C(=O)N1c1ccccc1. The normalized spacial score (nSPS) is 24.0. The summed E-state index contributed by atoms with van der Waals surface area (Å²) in [6.45, 7) is 1.05. The molecule has 2 unspecified atom stereocenters. The highest BCUT2D eigenvalue weighted by Gasteiger charge is 2.53. The first kappa shape index (κ1) is 12.9.